The first-order valence-corrected chi connectivity index (χ1v) is 14.0. The van der Waals surface area contributed by atoms with Crippen LogP contribution in [-0.4, -0.2) is 48.4 Å². The second-order valence-corrected chi connectivity index (χ2v) is 11.3. The number of aromatic amines is 2. The van der Waals surface area contributed by atoms with E-state index in [2.05, 4.69) is 25.6 Å². The van der Waals surface area contributed by atoms with Gasteiger partial charge in [0, 0.05) is 24.1 Å². The minimum atomic E-state index is -1.04. The molecule has 0 bridgehead atoms. The molecule has 14 heteroatoms. The molecule has 2 atom stereocenters. The molecule has 2 aromatic carbocycles. The predicted molar refractivity (Wildman–Crippen MR) is 161 cm³/mol. The molecule has 2 heterocycles. The average Bonchev–Trinajstić information content (AvgIpc) is 3.23. The van der Waals surface area contributed by atoms with Gasteiger partial charge in [0.2, 0.25) is 17.7 Å². The summed E-state index contributed by atoms with van der Waals surface area (Å²) in [6, 6.07) is 11.4. The van der Waals surface area contributed by atoms with E-state index in [-0.39, 0.29) is 29.0 Å². The van der Waals surface area contributed by atoms with E-state index in [0.717, 1.165) is 29.8 Å². The van der Waals surface area contributed by atoms with Crippen LogP contribution in [0.5, 0.6) is 5.88 Å². The van der Waals surface area contributed by atoms with Crippen molar-refractivity contribution in [3.05, 3.63) is 90.6 Å². The second-order valence-electron chi connectivity index (χ2n) is 9.66. The molecular weight excluding hydrogens is 586 g/mol. The number of carbonyl (C=O) groups is 3. The van der Waals surface area contributed by atoms with E-state index in [1.807, 2.05) is 32.9 Å². The van der Waals surface area contributed by atoms with E-state index in [4.69, 9.17) is 21.5 Å². The number of hydrogen-bond acceptors (Lipinski definition) is 8. The number of aliphatic carboxylic acids is 1. The lowest BCUT2D eigenvalue weighted by Gasteiger charge is -2.15. The largest absolute Gasteiger partial charge is 0.494 e. The summed E-state index contributed by atoms with van der Waals surface area (Å²) in [6.45, 7) is 7.01. The van der Waals surface area contributed by atoms with Gasteiger partial charge in [-0.2, -0.15) is 0 Å². The summed E-state index contributed by atoms with van der Waals surface area (Å²) in [6.07, 6.45) is -0.126. The van der Waals surface area contributed by atoms with Gasteiger partial charge in [0.05, 0.1) is 0 Å². The molecule has 1 aromatic heterocycles. The molecule has 0 radical (unpaired) electrons. The molecule has 4 rings (SSSR count). The Morgan fingerprint density at radius 1 is 1.07 bits per heavy atom. The van der Waals surface area contributed by atoms with Crippen LogP contribution in [0.4, 0.5) is 5.69 Å². The number of thioether (sulfide) groups is 1. The predicted octanol–water partition coefficient (Wildman–Crippen LogP) is 3.65. The fraction of sp³-hybridized carbons (Fsp3) is 0.286. The normalized spacial score (nSPS) is 16.0. The number of amides is 2. The molecule has 0 saturated carbocycles. The lowest BCUT2D eigenvalue weighted by molar-refractivity contribution is -0.134. The third kappa shape index (κ3) is 8.57. The zero-order valence-electron chi connectivity index (χ0n) is 23.1. The Bertz CT molecular complexity index is 1630. The minimum absolute atomic E-state index is 0.126. The molecular formula is C28H30ClN5O7S. The third-order valence-corrected chi connectivity index (χ3v) is 7.50. The number of carboxylic acid groups (broad SMARTS) is 1. The van der Waals surface area contributed by atoms with E-state index in [1.54, 1.807) is 30.3 Å². The van der Waals surface area contributed by atoms with Crippen molar-refractivity contribution in [1.29, 1.82) is 0 Å². The maximum Gasteiger partial charge on any atom is 0.328 e. The van der Waals surface area contributed by atoms with Gasteiger partial charge in [0.1, 0.15) is 16.9 Å². The Kier molecular flexibility index (Phi) is 10.7. The van der Waals surface area contributed by atoms with Crippen LogP contribution in [0.25, 0.3) is 0 Å². The number of halogens is 1. The standard InChI is InChI=1S/C26H26ClN5O5S.C2H4O2/c1-12(2)14-5-7-15(8-6-14)21(20-23(35)30-25(37)31-24(20)36)29-26-32-22(34)18(38-26)11-19(33)28-16-9-4-13(3)17(27)10-16;1-2(3)4/h4-10,12,18,21H,11H2,1-3H3,(H,28,33)(H,29,32,34)(H3,30,31,35,36,37);1H3,(H,3,4). The van der Waals surface area contributed by atoms with Gasteiger partial charge in [-0.05, 0) is 41.7 Å². The highest BCUT2D eigenvalue weighted by atomic mass is 35.5. The fourth-order valence-corrected chi connectivity index (χ4v) is 5.05. The highest BCUT2D eigenvalue weighted by Crippen LogP contribution is 2.32. The number of aromatic nitrogens is 2. The van der Waals surface area contributed by atoms with E-state index >= 15 is 0 Å². The Labute approximate surface area is 249 Å². The van der Waals surface area contributed by atoms with Gasteiger partial charge in [-0.1, -0.05) is 67.5 Å². The first kappa shape index (κ1) is 32.2. The summed E-state index contributed by atoms with van der Waals surface area (Å²) >= 11 is 7.16. The number of hydrogen-bond donors (Lipinski definition) is 6. The Balaban J connectivity index is 0.00000114. The number of aliphatic imine (C=N–C) groups is 1. The van der Waals surface area contributed by atoms with Crippen LogP contribution in [0.1, 0.15) is 61.4 Å². The van der Waals surface area contributed by atoms with Crippen molar-refractivity contribution in [2.75, 3.05) is 5.32 Å². The lowest BCUT2D eigenvalue weighted by atomic mass is 9.96. The maximum atomic E-state index is 12.7. The van der Waals surface area contributed by atoms with E-state index < -0.39 is 40.3 Å². The lowest BCUT2D eigenvalue weighted by Crippen LogP contribution is -2.29. The molecule has 1 aliphatic rings. The summed E-state index contributed by atoms with van der Waals surface area (Å²) in [5.74, 6) is -1.98. The van der Waals surface area contributed by atoms with Crippen LogP contribution in [-0.2, 0) is 14.4 Å². The Morgan fingerprint density at radius 2 is 1.69 bits per heavy atom. The molecule has 6 N–H and O–H groups in total. The number of H-pyrrole nitrogens is 2. The molecule has 222 valence electrons. The molecule has 1 aliphatic heterocycles. The van der Waals surface area contributed by atoms with E-state index in [0.29, 0.717) is 16.3 Å². The zero-order valence-corrected chi connectivity index (χ0v) is 24.7. The monoisotopic (exact) mass is 615 g/mol. The van der Waals surface area contributed by atoms with Crippen LogP contribution in [0.3, 0.4) is 0 Å². The fourth-order valence-electron chi connectivity index (χ4n) is 3.88. The minimum Gasteiger partial charge on any atom is -0.494 e. The Hall–Kier alpha value is -4.36. The van der Waals surface area contributed by atoms with E-state index in [1.165, 1.54) is 0 Å². The molecule has 1 fully saturated rings. The summed E-state index contributed by atoms with van der Waals surface area (Å²) in [5.41, 5.74) is 1.16. The van der Waals surface area contributed by atoms with Gasteiger partial charge < -0.3 is 20.8 Å². The summed E-state index contributed by atoms with van der Waals surface area (Å²) in [4.78, 5) is 67.4. The van der Waals surface area contributed by atoms with Crippen LogP contribution in [0.2, 0.25) is 5.02 Å². The molecule has 42 heavy (non-hydrogen) atoms. The highest BCUT2D eigenvalue weighted by Gasteiger charge is 2.34. The number of nitrogens with one attached hydrogen (secondary N) is 4. The van der Waals surface area contributed by atoms with Crippen LogP contribution in [0.15, 0.2) is 57.0 Å². The van der Waals surface area contributed by atoms with Crippen LogP contribution >= 0.6 is 23.4 Å². The van der Waals surface area contributed by atoms with Gasteiger partial charge in [0.25, 0.3) is 11.5 Å². The van der Waals surface area contributed by atoms with Gasteiger partial charge in [-0.25, -0.2) is 9.79 Å². The molecule has 2 unspecified atom stereocenters. The van der Waals surface area contributed by atoms with Gasteiger partial charge in [-0.15, -0.1) is 0 Å². The molecule has 0 spiro atoms. The first-order valence-electron chi connectivity index (χ1n) is 12.7. The number of benzene rings is 2. The first-order chi connectivity index (χ1) is 19.7. The number of carbonyl (C=O) groups excluding carboxylic acids is 2. The molecule has 0 aliphatic carbocycles. The number of rotatable bonds is 7. The van der Waals surface area contributed by atoms with E-state index in [9.17, 15) is 24.3 Å². The van der Waals surface area contributed by atoms with Crippen molar-refractivity contribution in [1.82, 2.24) is 15.3 Å². The van der Waals surface area contributed by atoms with Crippen molar-refractivity contribution < 1.29 is 24.6 Å². The smallest absolute Gasteiger partial charge is 0.328 e. The van der Waals surface area contributed by atoms with Crippen LogP contribution in [0, 0.1) is 6.92 Å². The van der Waals surface area contributed by atoms with Gasteiger partial charge in [0.15, 0.2) is 5.17 Å². The van der Waals surface area contributed by atoms with Crippen molar-refractivity contribution in [2.45, 2.75) is 51.3 Å². The zero-order chi connectivity index (χ0) is 31.1. The molecule has 3 aromatic rings. The van der Waals surface area contributed by atoms with Gasteiger partial charge >= 0.3 is 5.69 Å². The SMILES string of the molecule is CC(=O)O.Cc1ccc(NC(=O)CC2SC(=NC(c3ccc(C(C)C)cc3)c3c(O)[nH]c(=O)[nH]c3=O)NC2=O)cc1Cl. The van der Waals surface area contributed by atoms with Gasteiger partial charge in [-0.3, -0.25) is 29.1 Å². The number of carboxylic acids is 1. The summed E-state index contributed by atoms with van der Waals surface area (Å²) < 4.78 is 0. The van der Waals surface area contributed by atoms with Crippen molar-refractivity contribution >= 4 is 52.0 Å². The third-order valence-electron chi connectivity index (χ3n) is 6.00. The summed E-state index contributed by atoms with van der Waals surface area (Å²) in [5, 5.41) is 23.1. The number of anilines is 1. The van der Waals surface area contributed by atoms with Crippen molar-refractivity contribution in [2.24, 2.45) is 4.99 Å². The summed E-state index contributed by atoms with van der Waals surface area (Å²) in [7, 11) is 0. The molecule has 12 nitrogen and oxygen atoms in total. The number of nitrogens with zero attached hydrogens (tertiary/aromatic N) is 1. The molecule has 1 saturated heterocycles. The van der Waals surface area contributed by atoms with Crippen molar-refractivity contribution in [3.63, 3.8) is 0 Å². The molecule has 2 amide bonds. The maximum absolute atomic E-state index is 12.7. The quantitative estimate of drug-likeness (QED) is 0.232. The second kappa shape index (κ2) is 14.0. The number of aryl methyl sites for hydroxylation is 1. The number of aromatic hydroxyl groups is 1. The number of amidine groups is 1. The Morgan fingerprint density at radius 3 is 2.26 bits per heavy atom. The van der Waals surface area contributed by atoms with Crippen LogP contribution < -0.4 is 21.9 Å². The average molecular weight is 616 g/mol. The highest BCUT2D eigenvalue weighted by molar-refractivity contribution is 8.15. The topological polar surface area (TPSA) is 194 Å². The van der Waals surface area contributed by atoms with Crippen molar-refractivity contribution in [3.8, 4) is 5.88 Å².